The van der Waals surface area contributed by atoms with Crippen molar-refractivity contribution in [2.24, 2.45) is 10.3 Å². The first kappa shape index (κ1) is 24.3. The first-order chi connectivity index (χ1) is 14.4. The number of sulfonamides is 2. The largest absolute Gasteiger partial charge is 0.496 e. The number of rotatable bonds is 9. The van der Waals surface area contributed by atoms with Gasteiger partial charge in [-0.3, -0.25) is 4.79 Å². The van der Waals surface area contributed by atoms with E-state index in [1.54, 1.807) is 12.1 Å². The molecule has 5 N–H and O–H groups in total. The first-order valence-electron chi connectivity index (χ1n) is 8.68. The van der Waals surface area contributed by atoms with Gasteiger partial charge in [-0.25, -0.2) is 31.9 Å². The fourth-order valence-electron chi connectivity index (χ4n) is 2.48. The average molecular weight is 472 g/mol. The molecule has 0 heterocycles. The van der Waals surface area contributed by atoms with Gasteiger partial charge in [-0.05, 0) is 42.3 Å². The van der Waals surface area contributed by atoms with Gasteiger partial charge in [0.25, 0.3) is 5.91 Å². The van der Waals surface area contributed by atoms with Gasteiger partial charge < -0.3 is 14.8 Å². The Bertz CT molecular complexity index is 1180. The average Bonchev–Trinajstić information content (AvgIpc) is 2.70. The van der Waals surface area contributed by atoms with Crippen molar-refractivity contribution in [1.29, 1.82) is 0 Å². The second-order valence-corrected chi connectivity index (χ2v) is 9.39. The summed E-state index contributed by atoms with van der Waals surface area (Å²) in [7, 11) is -6.54. The van der Waals surface area contributed by atoms with E-state index in [1.165, 1.54) is 31.4 Å². The van der Waals surface area contributed by atoms with Crippen LogP contribution in [0.3, 0.4) is 0 Å². The number of ether oxygens (including phenoxy) is 2. The number of carbonyl (C=O) groups excluding carboxylic acids is 2. The van der Waals surface area contributed by atoms with Crippen LogP contribution in [0.1, 0.15) is 15.9 Å². The Morgan fingerprint density at radius 2 is 1.52 bits per heavy atom. The number of carbonyl (C=O) groups is 2. The first-order valence-corrected chi connectivity index (χ1v) is 11.8. The van der Waals surface area contributed by atoms with Crippen molar-refractivity contribution in [2.75, 3.05) is 20.3 Å². The number of methoxy groups -OCH3 is 1. The fraction of sp³-hybridized carbons (Fsp3) is 0.222. The van der Waals surface area contributed by atoms with Crippen molar-refractivity contribution in [3.05, 3.63) is 53.6 Å². The second-order valence-electron chi connectivity index (χ2n) is 6.27. The summed E-state index contributed by atoms with van der Waals surface area (Å²) in [4.78, 5) is 23.8. The molecule has 0 atom stereocenters. The number of hydrogen-bond donors (Lipinski definition) is 3. The zero-order chi connectivity index (χ0) is 23.2. The third-order valence-corrected chi connectivity index (χ3v) is 5.88. The molecule has 11 nitrogen and oxygen atoms in total. The molecule has 0 saturated carbocycles. The lowest BCUT2D eigenvalue weighted by molar-refractivity contribution is -0.124. The van der Waals surface area contributed by atoms with Crippen molar-refractivity contribution in [2.45, 2.75) is 16.2 Å². The van der Waals surface area contributed by atoms with Gasteiger partial charge in [-0.1, -0.05) is 12.1 Å². The van der Waals surface area contributed by atoms with Crippen LogP contribution in [0.25, 0.3) is 0 Å². The number of primary sulfonamides is 2. The molecule has 2 aromatic carbocycles. The summed E-state index contributed by atoms with van der Waals surface area (Å²) in [6.07, 6.45) is 0.398. The molecule has 0 aliphatic carbocycles. The third-order valence-electron chi connectivity index (χ3n) is 4.04. The Morgan fingerprint density at radius 3 is 2.06 bits per heavy atom. The number of nitrogens with two attached hydrogens (primary N) is 2. The minimum atomic E-state index is -4.05. The monoisotopic (exact) mass is 471 g/mol. The summed E-state index contributed by atoms with van der Waals surface area (Å²) in [6.45, 7) is -0.402. The van der Waals surface area contributed by atoms with Crippen molar-refractivity contribution in [3.63, 3.8) is 0 Å². The smallest absolute Gasteiger partial charge is 0.342 e. The number of nitrogens with one attached hydrogen (secondary N) is 1. The molecule has 0 aromatic heterocycles. The van der Waals surface area contributed by atoms with Gasteiger partial charge in [0.2, 0.25) is 20.0 Å². The van der Waals surface area contributed by atoms with Crippen LogP contribution in [0.15, 0.2) is 52.3 Å². The van der Waals surface area contributed by atoms with E-state index in [4.69, 9.17) is 19.8 Å². The highest BCUT2D eigenvalue weighted by atomic mass is 32.2. The summed E-state index contributed by atoms with van der Waals surface area (Å²) in [5.74, 6) is -1.49. The van der Waals surface area contributed by atoms with Gasteiger partial charge in [0.15, 0.2) is 6.61 Å². The van der Waals surface area contributed by atoms with E-state index in [1.807, 2.05) is 0 Å². The van der Waals surface area contributed by atoms with Crippen LogP contribution >= 0.6 is 0 Å². The normalized spacial score (nSPS) is 11.6. The zero-order valence-electron chi connectivity index (χ0n) is 16.4. The Labute approximate surface area is 179 Å². The minimum Gasteiger partial charge on any atom is -0.496 e. The second kappa shape index (κ2) is 9.87. The van der Waals surface area contributed by atoms with E-state index in [9.17, 15) is 26.4 Å². The minimum absolute atomic E-state index is 0.0193. The maximum absolute atomic E-state index is 12.2. The fourth-order valence-corrected chi connectivity index (χ4v) is 3.53. The van der Waals surface area contributed by atoms with Crippen LogP contribution in [0.4, 0.5) is 0 Å². The molecule has 31 heavy (non-hydrogen) atoms. The Balaban J connectivity index is 1.89. The van der Waals surface area contributed by atoms with Crippen molar-refractivity contribution in [1.82, 2.24) is 5.32 Å². The van der Waals surface area contributed by atoms with Gasteiger partial charge >= 0.3 is 5.97 Å². The molecule has 2 rings (SSSR count). The van der Waals surface area contributed by atoms with E-state index in [-0.39, 0.29) is 27.6 Å². The highest BCUT2D eigenvalue weighted by molar-refractivity contribution is 7.89. The molecule has 0 radical (unpaired) electrons. The number of hydrogen-bond acceptors (Lipinski definition) is 8. The van der Waals surface area contributed by atoms with Crippen LogP contribution in [-0.2, 0) is 36.0 Å². The lowest BCUT2D eigenvalue weighted by Gasteiger charge is -2.10. The molecule has 0 aliphatic rings. The van der Waals surface area contributed by atoms with Gasteiger partial charge in [0.05, 0.1) is 16.9 Å². The lowest BCUT2D eigenvalue weighted by Crippen LogP contribution is -2.30. The van der Waals surface area contributed by atoms with E-state index < -0.39 is 38.5 Å². The standard InChI is InChI=1S/C18H21N3O8S2/c1-28-16-7-6-14(31(20,26)27)10-15(16)18(23)29-11-17(22)21-9-8-12-2-4-13(5-3-12)30(19,24)25/h2-7,10H,8-9,11H2,1H3,(H,21,22)(H2,19,24,25)(H2,20,26,27). The summed E-state index contributed by atoms with van der Waals surface area (Å²) < 4.78 is 55.3. The predicted molar refractivity (Wildman–Crippen MR) is 109 cm³/mol. The van der Waals surface area contributed by atoms with Gasteiger partial charge in [0, 0.05) is 6.54 Å². The highest BCUT2D eigenvalue weighted by Crippen LogP contribution is 2.22. The Hall–Kier alpha value is -3.00. The van der Waals surface area contributed by atoms with Gasteiger partial charge in [0.1, 0.15) is 11.3 Å². The summed E-state index contributed by atoms with van der Waals surface area (Å²) in [5.41, 5.74) is 0.561. The molecule has 0 unspecified atom stereocenters. The molecule has 168 valence electrons. The van der Waals surface area contributed by atoms with Crippen molar-refractivity contribution < 1.29 is 35.9 Å². The molecule has 2 aromatic rings. The maximum Gasteiger partial charge on any atom is 0.342 e. The van der Waals surface area contributed by atoms with Crippen LogP contribution in [-0.4, -0.2) is 49.0 Å². The molecule has 13 heteroatoms. The number of amides is 1. The quantitative estimate of drug-likeness (QED) is 0.409. The Kier molecular flexibility index (Phi) is 7.73. The molecule has 0 bridgehead atoms. The van der Waals surface area contributed by atoms with E-state index in [0.29, 0.717) is 6.42 Å². The summed E-state index contributed by atoms with van der Waals surface area (Å²) in [5, 5.41) is 12.6. The summed E-state index contributed by atoms with van der Waals surface area (Å²) >= 11 is 0. The molecular weight excluding hydrogens is 450 g/mol. The molecule has 0 saturated heterocycles. The Morgan fingerprint density at radius 1 is 0.935 bits per heavy atom. The highest BCUT2D eigenvalue weighted by Gasteiger charge is 2.19. The molecule has 0 fully saturated rings. The van der Waals surface area contributed by atoms with Crippen LogP contribution < -0.4 is 20.3 Å². The SMILES string of the molecule is COc1ccc(S(N)(=O)=O)cc1C(=O)OCC(=O)NCCc1ccc(S(N)(=O)=O)cc1. The summed E-state index contributed by atoms with van der Waals surface area (Å²) in [6, 6.07) is 9.27. The van der Waals surface area contributed by atoms with Crippen LogP contribution in [0, 0.1) is 0 Å². The maximum atomic E-state index is 12.2. The van der Waals surface area contributed by atoms with Crippen LogP contribution in [0.5, 0.6) is 5.75 Å². The van der Waals surface area contributed by atoms with Gasteiger partial charge in [-0.2, -0.15) is 0 Å². The molecule has 0 aliphatic heterocycles. The van der Waals surface area contributed by atoms with Crippen molar-refractivity contribution in [3.8, 4) is 5.75 Å². The van der Waals surface area contributed by atoms with E-state index >= 15 is 0 Å². The zero-order valence-corrected chi connectivity index (χ0v) is 18.0. The predicted octanol–water partition coefficient (Wildman–Crippen LogP) is -0.494. The van der Waals surface area contributed by atoms with Crippen LogP contribution in [0.2, 0.25) is 0 Å². The number of esters is 1. The van der Waals surface area contributed by atoms with E-state index in [0.717, 1.165) is 11.6 Å². The molecular formula is C18H21N3O8S2. The third kappa shape index (κ3) is 7.03. The lowest BCUT2D eigenvalue weighted by atomic mass is 10.1. The molecule has 0 spiro atoms. The van der Waals surface area contributed by atoms with Crippen molar-refractivity contribution >= 4 is 31.9 Å². The topological polar surface area (TPSA) is 185 Å². The van der Waals surface area contributed by atoms with Gasteiger partial charge in [-0.15, -0.1) is 0 Å². The van der Waals surface area contributed by atoms with E-state index in [2.05, 4.69) is 5.32 Å². The molecule has 1 amide bonds. The number of benzene rings is 2.